The van der Waals surface area contributed by atoms with E-state index in [0.29, 0.717) is 0 Å². The monoisotopic (exact) mass is 1100 g/mol. The number of carboxylic acids is 1. The molecule has 7 amide bonds. The molecule has 5 aromatic rings. The van der Waals surface area contributed by atoms with Gasteiger partial charge in [0.15, 0.2) is 12.4 Å². The summed E-state index contributed by atoms with van der Waals surface area (Å²) in [5.41, 5.74) is 4.31. The number of benzene rings is 5. The maximum absolute atomic E-state index is 14.9. The number of rotatable bonds is 22. The van der Waals surface area contributed by atoms with E-state index in [9.17, 15) is 43.2 Å². The van der Waals surface area contributed by atoms with Gasteiger partial charge < -0.3 is 46.2 Å². The molecule has 6 fully saturated rings. The van der Waals surface area contributed by atoms with Crippen LogP contribution in [0.3, 0.4) is 0 Å². The lowest BCUT2D eigenvalue weighted by atomic mass is 9.94. The van der Waals surface area contributed by atoms with Crippen molar-refractivity contribution in [3.8, 4) is 5.75 Å². The molecule has 81 heavy (non-hydrogen) atoms. The number of carbonyl (C=O) groups is 9. The van der Waals surface area contributed by atoms with Crippen molar-refractivity contribution in [2.24, 2.45) is 23.7 Å². The van der Waals surface area contributed by atoms with Crippen LogP contribution in [0.2, 0.25) is 0 Å². The highest BCUT2D eigenvalue weighted by Gasteiger charge is 2.51. The van der Waals surface area contributed by atoms with Gasteiger partial charge in [0, 0.05) is 86.0 Å². The van der Waals surface area contributed by atoms with Gasteiger partial charge in [-0.25, -0.2) is 0 Å². The minimum atomic E-state index is -1.17. The first-order chi connectivity index (χ1) is 39.3. The fraction of sp³-hybridized carbons (Fsp3) is 0.381. The Bertz CT molecular complexity index is 3070. The van der Waals surface area contributed by atoms with E-state index in [1.54, 1.807) is 0 Å². The zero-order valence-electron chi connectivity index (χ0n) is 44.6. The molecule has 0 radical (unpaired) electrons. The highest BCUT2D eigenvalue weighted by molar-refractivity contribution is 6.02. The summed E-state index contributed by atoms with van der Waals surface area (Å²) in [6.07, 6.45) is 2.20. The number of amides is 7. The molecule has 418 valence electrons. The van der Waals surface area contributed by atoms with Gasteiger partial charge in [-0.1, -0.05) is 121 Å². The molecule has 18 heteroatoms. The third-order valence-corrected chi connectivity index (χ3v) is 16.9. The van der Waals surface area contributed by atoms with Crippen molar-refractivity contribution in [2.45, 2.75) is 86.4 Å². The Hall–Kier alpha value is -8.67. The molecule has 0 aromatic heterocycles. The number of ether oxygens (including phenoxy) is 1. The first-order valence-corrected chi connectivity index (χ1v) is 28.0. The zero-order chi connectivity index (χ0) is 56.3. The summed E-state index contributed by atoms with van der Waals surface area (Å²) in [6, 6.07) is 42.9. The van der Waals surface area contributed by atoms with E-state index >= 15 is 0 Å². The maximum Gasteiger partial charge on any atom is 0.303 e. The standard InChI is InChI=1S/C63H65N7O11/c71-41(22-24-57(73)74)30-64-56(72)35-81-55-25-40(62(79)69-31-47(58(75)65-51-26-43(51)36-13-5-1-6-14-36)48(32-69)59(76)66-52-27-44(52)37-15-7-2-8-16-37)21-23-42(55)63(80)70-33-49(60(77)67-53-28-45(53)38-17-9-3-10-18-38)50(34-70)61(78)68-54-29-46(54)39-19-11-4-12-20-39/h1-21,23,25,43-54H,22,24,26-35H2,(H,64,72)(H,65,75)(H,66,76)(H,67,77)(H,68,78)(H,73,74)/t43-,44-,45-,46-,47-,48-,49-,50-,51+,52+,53+,54+/m1/s1. The number of hydrogen-bond donors (Lipinski definition) is 6. The maximum atomic E-state index is 14.9. The second-order valence-corrected chi connectivity index (χ2v) is 22.5. The lowest BCUT2D eigenvalue weighted by Crippen LogP contribution is -2.43. The topological polar surface area (TPSA) is 250 Å². The first-order valence-electron chi connectivity index (χ1n) is 28.0. The fourth-order valence-electron chi connectivity index (χ4n) is 11.9. The van der Waals surface area contributed by atoms with E-state index in [2.05, 4.69) is 26.6 Å². The number of nitrogens with one attached hydrogen (secondary N) is 5. The van der Waals surface area contributed by atoms with Crippen molar-refractivity contribution in [1.29, 1.82) is 0 Å². The van der Waals surface area contributed by atoms with E-state index in [-0.39, 0.29) is 121 Å². The van der Waals surface area contributed by atoms with E-state index in [4.69, 9.17) is 9.84 Å². The van der Waals surface area contributed by atoms with Gasteiger partial charge in [0.1, 0.15) is 5.75 Å². The van der Waals surface area contributed by atoms with Crippen LogP contribution in [-0.2, 0) is 33.6 Å². The number of carbonyl (C=O) groups excluding carboxylic acids is 8. The van der Waals surface area contributed by atoms with Crippen molar-refractivity contribution in [1.82, 2.24) is 36.4 Å². The summed E-state index contributed by atoms with van der Waals surface area (Å²) in [5.74, 6) is -8.43. The van der Waals surface area contributed by atoms with Crippen LogP contribution in [0.15, 0.2) is 140 Å². The van der Waals surface area contributed by atoms with Gasteiger partial charge in [-0.15, -0.1) is 0 Å². The van der Waals surface area contributed by atoms with Crippen LogP contribution in [0.5, 0.6) is 5.75 Å². The molecule has 0 unspecified atom stereocenters. The fourth-order valence-corrected chi connectivity index (χ4v) is 11.9. The SMILES string of the molecule is O=C(O)CCC(=O)CNC(=O)COc1cc(C(=O)N2C[C@@H](C(=O)N[C@H]3C[C@@H]3c3ccccc3)[C@H](C(=O)N[C@H]3C[C@@H]3c3ccccc3)C2)ccc1C(=O)N1C[C@@H](C(=O)N[C@H]2C[C@@H]2c2ccccc2)[C@H](C(=O)N[C@H]2C[C@@H]2c2ccccc2)C1. The summed E-state index contributed by atoms with van der Waals surface area (Å²) in [4.78, 5) is 126. The Morgan fingerprint density at radius 1 is 0.457 bits per heavy atom. The van der Waals surface area contributed by atoms with Crippen LogP contribution in [0.1, 0.15) is 105 Å². The molecule has 2 saturated heterocycles. The number of ketones is 1. The molecule has 4 saturated carbocycles. The summed E-state index contributed by atoms with van der Waals surface area (Å²) < 4.78 is 6.03. The number of carboxylic acid groups (broad SMARTS) is 1. The Morgan fingerprint density at radius 2 is 0.815 bits per heavy atom. The number of aliphatic carboxylic acids is 1. The van der Waals surface area contributed by atoms with E-state index in [1.165, 1.54) is 28.0 Å². The number of nitrogens with zero attached hydrogens (tertiary/aromatic N) is 2. The van der Waals surface area contributed by atoms with Crippen LogP contribution in [0.4, 0.5) is 0 Å². The largest absolute Gasteiger partial charge is 0.483 e. The third kappa shape index (κ3) is 12.9. The summed E-state index contributed by atoms with van der Waals surface area (Å²) in [6.45, 7) is -1.63. The molecular weight excluding hydrogens is 1030 g/mol. The second-order valence-electron chi connectivity index (χ2n) is 22.5. The number of hydrogen-bond acceptors (Lipinski definition) is 10. The molecule has 11 rings (SSSR count). The lowest BCUT2D eigenvalue weighted by Gasteiger charge is -2.21. The Balaban J connectivity index is 0.828. The molecule has 4 aliphatic carbocycles. The molecule has 0 bridgehead atoms. The number of Topliss-reactive ketones (excluding diaryl/α,β-unsaturated/α-hetero) is 1. The van der Waals surface area contributed by atoms with Crippen molar-refractivity contribution in [2.75, 3.05) is 39.3 Å². The molecule has 2 heterocycles. The van der Waals surface area contributed by atoms with Crippen molar-refractivity contribution >= 4 is 53.1 Å². The smallest absolute Gasteiger partial charge is 0.303 e. The molecule has 0 spiro atoms. The Kier molecular flexibility index (Phi) is 15.8. The minimum Gasteiger partial charge on any atom is -0.483 e. The average molecular weight is 1100 g/mol. The zero-order valence-corrected chi connectivity index (χ0v) is 44.6. The lowest BCUT2D eigenvalue weighted by molar-refractivity contribution is -0.138. The molecule has 5 aromatic carbocycles. The van der Waals surface area contributed by atoms with Gasteiger partial charge >= 0.3 is 5.97 Å². The number of likely N-dealkylation sites (tertiary alicyclic amines) is 2. The summed E-state index contributed by atoms with van der Waals surface area (Å²) in [7, 11) is 0. The quantitative estimate of drug-likeness (QED) is 0.0555. The van der Waals surface area contributed by atoms with Crippen molar-refractivity contribution in [3.05, 3.63) is 173 Å². The van der Waals surface area contributed by atoms with Crippen LogP contribution in [0.25, 0.3) is 0 Å². The normalized spacial score (nSPS) is 26.5. The van der Waals surface area contributed by atoms with Crippen LogP contribution >= 0.6 is 0 Å². The van der Waals surface area contributed by atoms with Gasteiger partial charge in [0.25, 0.3) is 17.7 Å². The highest BCUT2D eigenvalue weighted by atomic mass is 16.5. The van der Waals surface area contributed by atoms with Gasteiger partial charge in [0.2, 0.25) is 23.6 Å². The van der Waals surface area contributed by atoms with Crippen LogP contribution in [0, 0.1) is 23.7 Å². The van der Waals surface area contributed by atoms with Gasteiger partial charge in [-0.2, -0.15) is 0 Å². The first kappa shape index (κ1) is 54.3. The summed E-state index contributed by atoms with van der Waals surface area (Å²) >= 11 is 0. The molecule has 6 aliphatic rings. The predicted molar refractivity (Wildman–Crippen MR) is 296 cm³/mol. The van der Waals surface area contributed by atoms with Crippen LogP contribution in [-0.4, -0.2) is 132 Å². The Morgan fingerprint density at radius 3 is 1.17 bits per heavy atom. The van der Waals surface area contributed by atoms with Crippen molar-refractivity contribution < 1.29 is 53.0 Å². The van der Waals surface area contributed by atoms with E-state index in [1.807, 2.05) is 121 Å². The Labute approximate surface area is 468 Å². The van der Waals surface area contributed by atoms with Gasteiger partial charge in [-0.3, -0.25) is 43.2 Å². The van der Waals surface area contributed by atoms with Crippen LogP contribution < -0.4 is 31.3 Å². The summed E-state index contributed by atoms with van der Waals surface area (Å²) in [5, 5.41) is 24.0. The predicted octanol–water partition coefficient (Wildman–Crippen LogP) is 4.68. The van der Waals surface area contributed by atoms with Crippen molar-refractivity contribution in [3.63, 3.8) is 0 Å². The third-order valence-electron chi connectivity index (χ3n) is 16.9. The van der Waals surface area contributed by atoms with Gasteiger partial charge in [0.05, 0.1) is 42.2 Å². The average Bonchev–Trinajstić information content (AvgIpc) is 4.50. The van der Waals surface area contributed by atoms with E-state index < -0.39 is 72.7 Å². The van der Waals surface area contributed by atoms with Gasteiger partial charge in [-0.05, 0) is 66.1 Å². The van der Waals surface area contributed by atoms with E-state index in [0.717, 1.165) is 47.9 Å². The second kappa shape index (κ2) is 23.6. The highest BCUT2D eigenvalue weighted by Crippen LogP contribution is 2.45. The molecule has 12 atom stereocenters. The molecule has 6 N–H and O–H groups in total. The molecule has 2 aliphatic heterocycles. The molecule has 18 nitrogen and oxygen atoms in total. The molecular formula is C63H65N7O11. The minimum absolute atomic E-state index is 0.0226.